The van der Waals surface area contributed by atoms with E-state index in [1.807, 2.05) is 54.9 Å². The summed E-state index contributed by atoms with van der Waals surface area (Å²) >= 11 is 0. The van der Waals surface area contributed by atoms with Gasteiger partial charge in [-0.1, -0.05) is 96.3 Å². The summed E-state index contributed by atoms with van der Waals surface area (Å²) in [6, 6.07) is 45.9. The van der Waals surface area contributed by atoms with E-state index in [1.54, 1.807) is 0 Å². The van der Waals surface area contributed by atoms with Crippen molar-refractivity contribution in [2.45, 2.75) is 27.7 Å². The van der Waals surface area contributed by atoms with E-state index in [9.17, 15) is 0 Å². The number of nitrogens with zero attached hydrogens (tertiary/aromatic N) is 2. The first-order chi connectivity index (χ1) is 23.9. The molecule has 245 valence electrons. The summed E-state index contributed by atoms with van der Waals surface area (Å²) in [4.78, 5) is 9.13. The predicted molar refractivity (Wildman–Crippen MR) is 199 cm³/mol. The number of aromatic nitrogens is 2. The van der Waals surface area contributed by atoms with E-state index < -0.39 is 0 Å². The van der Waals surface area contributed by atoms with Crippen LogP contribution in [0.4, 0.5) is 0 Å². The second kappa shape index (κ2) is 13.9. The number of para-hydroxylation sites is 2. The van der Waals surface area contributed by atoms with Crippen LogP contribution in [0.25, 0.3) is 33.6 Å². The normalized spacial score (nSPS) is 11.7. The van der Waals surface area contributed by atoms with Crippen molar-refractivity contribution in [3.8, 4) is 56.6 Å². The van der Waals surface area contributed by atoms with Gasteiger partial charge in [-0.2, -0.15) is 0 Å². The number of hydrogen-bond donors (Lipinski definition) is 0. The molecule has 0 saturated heterocycles. The van der Waals surface area contributed by atoms with Gasteiger partial charge in [0, 0.05) is 44.0 Å². The summed E-state index contributed by atoms with van der Waals surface area (Å²) in [6.45, 7) is 8.41. The summed E-state index contributed by atoms with van der Waals surface area (Å²) in [5.74, 6) is 3.29. The third-order valence-corrected chi connectivity index (χ3v) is 9.35. The van der Waals surface area contributed by atoms with E-state index in [2.05, 4.69) is 118 Å². The second-order valence-electron chi connectivity index (χ2n) is 12.7. The molecular formula is C44H33BIrN2O2-2. The van der Waals surface area contributed by atoms with Gasteiger partial charge in [-0.05, 0) is 83.5 Å². The van der Waals surface area contributed by atoms with Gasteiger partial charge < -0.3 is 19.4 Å². The maximum atomic E-state index is 6.54. The molecule has 6 heteroatoms. The summed E-state index contributed by atoms with van der Waals surface area (Å²) in [6.07, 6.45) is 3.77. The van der Waals surface area contributed by atoms with Crippen LogP contribution in [-0.4, -0.2) is 16.7 Å². The average Bonchev–Trinajstić information content (AvgIpc) is 3.13. The molecule has 5 aromatic carbocycles. The minimum atomic E-state index is 0. The largest absolute Gasteiger partial charge is 0.503 e. The van der Waals surface area contributed by atoms with Crippen molar-refractivity contribution in [2.75, 3.05) is 0 Å². The summed E-state index contributed by atoms with van der Waals surface area (Å²) in [7, 11) is 0. The number of rotatable bonds is 3. The van der Waals surface area contributed by atoms with Crippen molar-refractivity contribution in [3.05, 3.63) is 162 Å². The van der Waals surface area contributed by atoms with Gasteiger partial charge in [-0.15, -0.1) is 47.5 Å². The zero-order valence-corrected chi connectivity index (χ0v) is 30.6. The first-order valence-corrected chi connectivity index (χ1v) is 16.5. The van der Waals surface area contributed by atoms with E-state index in [4.69, 9.17) is 14.5 Å². The summed E-state index contributed by atoms with van der Waals surface area (Å²) < 4.78 is 12.9. The first-order valence-electron chi connectivity index (χ1n) is 16.5. The minimum absolute atomic E-state index is 0. The van der Waals surface area contributed by atoms with E-state index in [0.717, 1.165) is 67.5 Å². The third kappa shape index (κ3) is 6.17. The van der Waals surface area contributed by atoms with Crippen molar-refractivity contribution in [3.63, 3.8) is 0 Å². The molecule has 2 aliphatic rings. The molecule has 0 saturated carbocycles. The minimum Gasteiger partial charge on any atom is -0.503 e. The van der Waals surface area contributed by atoms with Crippen LogP contribution in [0.1, 0.15) is 22.3 Å². The molecule has 0 unspecified atom stereocenters. The fraction of sp³-hybridized carbons (Fsp3) is 0.0909. The second-order valence-corrected chi connectivity index (χ2v) is 12.7. The van der Waals surface area contributed by atoms with Crippen LogP contribution >= 0.6 is 0 Å². The van der Waals surface area contributed by atoms with Gasteiger partial charge >= 0.3 is 0 Å². The Balaban J connectivity index is 0.000000207. The van der Waals surface area contributed by atoms with Crippen molar-refractivity contribution in [2.24, 2.45) is 0 Å². The molecule has 2 aromatic heterocycles. The smallest absolute Gasteiger partial charge is 0.239 e. The van der Waals surface area contributed by atoms with Crippen LogP contribution in [0.3, 0.4) is 0 Å². The fourth-order valence-corrected chi connectivity index (χ4v) is 6.58. The molecule has 50 heavy (non-hydrogen) atoms. The number of benzene rings is 5. The molecule has 4 heterocycles. The van der Waals surface area contributed by atoms with Crippen molar-refractivity contribution in [1.82, 2.24) is 9.97 Å². The SMILES string of the molecule is Cc1c[c-]c(-c2cc(C)c(C)cn2)cc1.Cc1ccccc1-c1ccnc(-c2[c-]cc3c4c2Oc2ccccc2B4c2ccccc2O3)c1.[Ir]. The molecular weight excluding hydrogens is 792 g/mol. The van der Waals surface area contributed by atoms with Crippen LogP contribution in [0.2, 0.25) is 0 Å². The fourth-order valence-electron chi connectivity index (χ4n) is 6.58. The standard InChI is InChI=1S/C30H19BNO2.C14H14N.Ir/c1-19-8-2-3-9-21(19)20-16-17-32-25(18-20)22-14-15-28-29-30(22)34-27-13-7-5-11-24(27)31(29)23-10-4-6-12-26(23)33-28;1-10-4-6-13(7-5-10)14-8-11(2)12(3)9-15-14;/h2-13,15-18H,1H3;4-6,8-9H,1-3H3;/q2*-1;. The van der Waals surface area contributed by atoms with Crippen LogP contribution in [-0.2, 0) is 20.1 Å². The van der Waals surface area contributed by atoms with E-state index >= 15 is 0 Å². The Kier molecular flexibility index (Phi) is 9.24. The van der Waals surface area contributed by atoms with Gasteiger partial charge in [-0.25, -0.2) is 0 Å². The average molecular weight is 825 g/mol. The number of aryl methyl sites for hydroxylation is 4. The van der Waals surface area contributed by atoms with Crippen LogP contribution in [0, 0.1) is 39.8 Å². The Morgan fingerprint density at radius 1 is 0.600 bits per heavy atom. The van der Waals surface area contributed by atoms with Crippen LogP contribution in [0.15, 0.2) is 128 Å². The molecule has 0 aliphatic carbocycles. The topological polar surface area (TPSA) is 44.2 Å². The monoisotopic (exact) mass is 825 g/mol. The molecule has 9 rings (SSSR count). The Bertz CT molecular complexity index is 2340. The van der Waals surface area contributed by atoms with Crippen molar-refractivity contribution >= 4 is 23.1 Å². The third-order valence-electron chi connectivity index (χ3n) is 9.35. The number of pyridine rings is 2. The molecule has 0 amide bonds. The number of fused-ring (bicyclic) bond motifs is 4. The van der Waals surface area contributed by atoms with Crippen LogP contribution < -0.4 is 25.9 Å². The quantitative estimate of drug-likeness (QED) is 0.132. The summed E-state index contributed by atoms with van der Waals surface area (Å²) in [5.41, 5.74) is 14.3. The van der Waals surface area contributed by atoms with Gasteiger partial charge in [0.1, 0.15) is 11.5 Å². The molecule has 0 atom stereocenters. The summed E-state index contributed by atoms with van der Waals surface area (Å²) in [5, 5.41) is 0. The molecule has 2 aliphatic heterocycles. The maximum Gasteiger partial charge on any atom is 0.239 e. The Labute approximate surface area is 307 Å². The first kappa shape index (κ1) is 33.2. The predicted octanol–water partition coefficient (Wildman–Crippen LogP) is 8.72. The van der Waals surface area contributed by atoms with Gasteiger partial charge in [0.15, 0.2) is 0 Å². The molecule has 0 spiro atoms. The number of hydrogen-bond acceptors (Lipinski definition) is 4. The molecule has 0 fully saturated rings. The zero-order valence-electron chi connectivity index (χ0n) is 28.2. The molecule has 1 radical (unpaired) electrons. The van der Waals surface area contributed by atoms with E-state index in [-0.39, 0.29) is 26.8 Å². The number of ether oxygens (including phenoxy) is 2. The van der Waals surface area contributed by atoms with Crippen LogP contribution in [0.5, 0.6) is 23.0 Å². The van der Waals surface area contributed by atoms with Gasteiger partial charge in [0.25, 0.3) is 0 Å². The molecule has 4 nitrogen and oxygen atoms in total. The van der Waals surface area contributed by atoms with E-state index in [0.29, 0.717) is 0 Å². The van der Waals surface area contributed by atoms with Gasteiger partial charge in [0.05, 0.1) is 0 Å². The van der Waals surface area contributed by atoms with Gasteiger partial charge in [-0.3, -0.25) is 0 Å². The molecule has 0 N–H and O–H groups in total. The van der Waals surface area contributed by atoms with Gasteiger partial charge in [0.2, 0.25) is 6.71 Å². The van der Waals surface area contributed by atoms with Crippen molar-refractivity contribution < 1.29 is 29.6 Å². The van der Waals surface area contributed by atoms with Crippen molar-refractivity contribution in [1.29, 1.82) is 0 Å². The Hall–Kier alpha value is -5.29. The van der Waals surface area contributed by atoms with E-state index in [1.165, 1.54) is 27.8 Å². The Morgan fingerprint density at radius 2 is 1.32 bits per heavy atom. The molecule has 0 bridgehead atoms. The Morgan fingerprint density at radius 3 is 2.04 bits per heavy atom. The molecule has 7 aromatic rings. The zero-order chi connectivity index (χ0) is 33.5. The maximum absolute atomic E-state index is 6.54.